The van der Waals surface area contributed by atoms with Crippen molar-refractivity contribution < 1.29 is 9.18 Å². The topological polar surface area (TPSA) is 83.0 Å². The Morgan fingerprint density at radius 1 is 1.27 bits per heavy atom. The van der Waals surface area contributed by atoms with Crippen LogP contribution in [0.3, 0.4) is 0 Å². The van der Waals surface area contributed by atoms with Gasteiger partial charge in [-0.25, -0.2) is 9.37 Å². The molecule has 1 aromatic carbocycles. The maximum absolute atomic E-state index is 13.8. The number of nitrogens with zero attached hydrogens (tertiary/aromatic N) is 4. The summed E-state index contributed by atoms with van der Waals surface area (Å²) in [5, 5.41) is 5.91. The molecule has 1 saturated heterocycles. The van der Waals surface area contributed by atoms with Gasteiger partial charge in [-0.15, -0.1) is 0 Å². The zero-order chi connectivity index (χ0) is 20.9. The van der Waals surface area contributed by atoms with Crippen LogP contribution in [0.1, 0.15) is 30.3 Å². The number of pyridine rings is 1. The van der Waals surface area contributed by atoms with Gasteiger partial charge in [-0.2, -0.15) is 0 Å². The van der Waals surface area contributed by atoms with Crippen molar-refractivity contribution in [2.75, 3.05) is 23.7 Å². The van der Waals surface area contributed by atoms with Crippen molar-refractivity contribution in [3.63, 3.8) is 0 Å². The Morgan fingerprint density at radius 3 is 2.93 bits per heavy atom. The van der Waals surface area contributed by atoms with Crippen LogP contribution in [0, 0.1) is 12.7 Å². The molecule has 2 N–H and O–H groups in total. The van der Waals surface area contributed by atoms with Crippen molar-refractivity contribution in [3.8, 4) is 0 Å². The van der Waals surface area contributed by atoms with Crippen LogP contribution in [0.5, 0.6) is 0 Å². The smallest absolute Gasteiger partial charge is 0.238 e. The van der Waals surface area contributed by atoms with E-state index >= 15 is 0 Å². The SMILES string of the molecule is Cc1cc(Nc2cnccn2)cc(C2CCCN2CC(=O)Nc2ccccc2F)n1. The molecule has 1 atom stereocenters. The molecular formula is C22H23FN6O. The number of halogens is 1. The van der Waals surface area contributed by atoms with Crippen molar-refractivity contribution in [3.05, 3.63) is 72.2 Å². The number of aryl methyl sites for hydroxylation is 1. The predicted molar refractivity (Wildman–Crippen MR) is 113 cm³/mol. The number of amides is 1. The Labute approximate surface area is 174 Å². The fourth-order valence-corrected chi connectivity index (χ4v) is 3.74. The number of aromatic nitrogens is 3. The van der Waals surface area contributed by atoms with Gasteiger partial charge in [-0.1, -0.05) is 12.1 Å². The number of nitrogens with one attached hydrogen (secondary N) is 2. The first kappa shape index (κ1) is 19.9. The highest BCUT2D eigenvalue weighted by atomic mass is 19.1. The summed E-state index contributed by atoms with van der Waals surface area (Å²) in [5.41, 5.74) is 2.85. The van der Waals surface area contributed by atoms with Gasteiger partial charge in [0, 0.05) is 23.8 Å². The van der Waals surface area contributed by atoms with Gasteiger partial charge in [-0.05, 0) is 50.6 Å². The van der Waals surface area contributed by atoms with E-state index in [2.05, 4.69) is 25.5 Å². The number of benzene rings is 1. The molecule has 1 aliphatic heterocycles. The minimum Gasteiger partial charge on any atom is -0.339 e. The number of rotatable bonds is 6. The molecule has 1 amide bonds. The lowest BCUT2D eigenvalue weighted by Gasteiger charge is -2.24. The normalized spacial score (nSPS) is 16.4. The lowest BCUT2D eigenvalue weighted by molar-refractivity contribution is -0.117. The summed E-state index contributed by atoms with van der Waals surface area (Å²) >= 11 is 0. The lowest BCUT2D eigenvalue weighted by atomic mass is 10.1. The molecule has 1 unspecified atom stereocenters. The van der Waals surface area contributed by atoms with Crippen LogP contribution in [0.4, 0.5) is 21.6 Å². The van der Waals surface area contributed by atoms with Crippen molar-refractivity contribution in [1.29, 1.82) is 0 Å². The summed E-state index contributed by atoms with van der Waals surface area (Å²) in [6, 6.07) is 10.1. The van der Waals surface area contributed by atoms with Crippen molar-refractivity contribution in [1.82, 2.24) is 19.9 Å². The van der Waals surface area contributed by atoms with E-state index in [1.54, 1.807) is 36.8 Å². The molecule has 3 aromatic rings. The first-order valence-electron chi connectivity index (χ1n) is 9.88. The lowest BCUT2D eigenvalue weighted by Crippen LogP contribution is -2.33. The zero-order valence-electron chi connectivity index (χ0n) is 16.7. The van der Waals surface area contributed by atoms with Gasteiger partial charge in [0.05, 0.1) is 30.2 Å². The highest BCUT2D eigenvalue weighted by Gasteiger charge is 2.29. The third kappa shape index (κ3) is 4.77. The third-order valence-corrected chi connectivity index (χ3v) is 5.01. The summed E-state index contributed by atoms with van der Waals surface area (Å²) < 4.78 is 13.8. The average Bonchev–Trinajstić information content (AvgIpc) is 3.18. The summed E-state index contributed by atoms with van der Waals surface area (Å²) in [7, 11) is 0. The van der Waals surface area contributed by atoms with Gasteiger partial charge in [0.1, 0.15) is 11.6 Å². The van der Waals surface area contributed by atoms with Crippen LogP contribution in [-0.2, 0) is 4.79 Å². The van der Waals surface area contributed by atoms with Crippen LogP contribution in [0.25, 0.3) is 0 Å². The molecule has 0 saturated carbocycles. The van der Waals surface area contributed by atoms with E-state index in [1.807, 2.05) is 19.1 Å². The molecule has 154 valence electrons. The molecule has 3 heterocycles. The van der Waals surface area contributed by atoms with Gasteiger partial charge < -0.3 is 10.6 Å². The first-order chi connectivity index (χ1) is 14.6. The molecule has 0 aliphatic carbocycles. The van der Waals surface area contributed by atoms with Crippen LogP contribution in [-0.4, -0.2) is 38.8 Å². The second-order valence-corrected chi connectivity index (χ2v) is 7.29. The third-order valence-electron chi connectivity index (χ3n) is 5.01. The van der Waals surface area contributed by atoms with Gasteiger partial charge in [0.15, 0.2) is 0 Å². The van der Waals surface area contributed by atoms with Crippen molar-refractivity contribution >= 4 is 23.1 Å². The maximum Gasteiger partial charge on any atom is 0.238 e. The van der Waals surface area contributed by atoms with E-state index in [-0.39, 0.29) is 24.2 Å². The van der Waals surface area contributed by atoms with E-state index in [0.29, 0.717) is 5.82 Å². The summed E-state index contributed by atoms with van der Waals surface area (Å²) in [5.74, 6) is -0.0249. The molecule has 8 heteroatoms. The molecule has 30 heavy (non-hydrogen) atoms. The molecule has 4 rings (SSSR count). The number of carbonyl (C=O) groups excluding carboxylic acids is 1. The van der Waals surface area contributed by atoms with E-state index in [1.165, 1.54) is 6.07 Å². The summed E-state index contributed by atoms with van der Waals surface area (Å²) in [6.07, 6.45) is 6.79. The second kappa shape index (κ2) is 8.96. The second-order valence-electron chi connectivity index (χ2n) is 7.29. The van der Waals surface area contributed by atoms with Crippen molar-refractivity contribution in [2.24, 2.45) is 0 Å². The fourth-order valence-electron chi connectivity index (χ4n) is 3.74. The number of carbonyl (C=O) groups is 1. The number of anilines is 3. The van der Waals surface area contributed by atoms with Gasteiger partial charge in [-0.3, -0.25) is 19.7 Å². The van der Waals surface area contributed by atoms with Crippen LogP contribution < -0.4 is 10.6 Å². The Hall–Kier alpha value is -3.39. The minimum atomic E-state index is -0.441. The van der Waals surface area contributed by atoms with Crippen LogP contribution in [0.2, 0.25) is 0 Å². The molecule has 7 nitrogen and oxygen atoms in total. The molecule has 0 spiro atoms. The van der Waals surface area contributed by atoms with E-state index in [0.717, 1.165) is 36.5 Å². The number of hydrogen-bond donors (Lipinski definition) is 2. The number of para-hydroxylation sites is 1. The Balaban J connectivity index is 1.47. The van der Waals surface area contributed by atoms with Gasteiger partial charge >= 0.3 is 0 Å². The minimum absolute atomic E-state index is 0.0266. The average molecular weight is 406 g/mol. The fraction of sp³-hybridized carbons (Fsp3) is 0.273. The Morgan fingerprint density at radius 2 is 2.13 bits per heavy atom. The molecular weight excluding hydrogens is 383 g/mol. The monoisotopic (exact) mass is 406 g/mol. The van der Waals surface area contributed by atoms with Crippen molar-refractivity contribution in [2.45, 2.75) is 25.8 Å². The van der Waals surface area contributed by atoms with E-state index < -0.39 is 5.82 Å². The highest BCUT2D eigenvalue weighted by molar-refractivity contribution is 5.92. The summed E-state index contributed by atoms with van der Waals surface area (Å²) in [4.78, 5) is 27.6. The van der Waals surface area contributed by atoms with Gasteiger partial charge in [0.2, 0.25) is 5.91 Å². The molecule has 2 aromatic heterocycles. The zero-order valence-corrected chi connectivity index (χ0v) is 16.7. The molecule has 1 aliphatic rings. The Bertz CT molecular complexity index is 1030. The predicted octanol–water partition coefficient (Wildman–Crippen LogP) is 3.84. The van der Waals surface area contributed by atoms with Crippen LogP contribution in [0.15, 0.2) is 55.0 Å². The molecule has 0 bridgehead atoms. The quantitative estimate of drug-likeness (QED) is 0.647. The van der Waals surface area contributed by atoms with E-state index in [4.69, 9.17) is 4.98 Å². The van der Waals surface area contributed by atoms with Crippen LogP contribution >= 0.6 is 0 Å². The molecule has 1 fully saturated rings. The Kier molecular flexibility index (Phi) is 5.94. The van der Waals surface area contributed by atoms with E-state index in [9.17, 15) is 9.18 Å². The standard InChI is InChI=1S/C22H23FN6O/c1-15-11-16(27-21-13-24-8-9-25-21)12-19(26-15)20-7-4-10-29(20)14-22(30)28-18-6-3-2-5-17(18)23/h2-3,5-6,8-9,11-13,20H,4,7,10,14H2,1H3,(H,28,30)(H,25,26,27). The number of likely N-dealkylation sites (tertiary alicyclic amines) is 1. The highest BCUT2D eigenvalue weighted by Crippen LogP contribution is 2.32. The summed E-state index contributed by atoms with van der Waals surface area (Å²) in [6.45, 7) is 2.91. The van der Waals surface area contributed by atoms with Gasteiger partial charge in [0.25, 0.3) is 0 Å². The molecule has 0 radical (unpaired) electrons. The first-order valence-corrected chi connectivity index (χ1v) is 9.88. The maximum atomic E-state index is 13.8. The largest absolute Gasteiger partial charge is 0.339 e. The number of hydrogen-bond acceptors (Lipinski definition) is 6.